The first-order valence-corrected chi connectivity index (χ1v) is 9.43. The summed E-state index contributed by atoms with van der Waals surface area (Å²) >= 11 is 4.56. The van der Waals surface area contributed by atoms with E-state index in [1.54, 1.807) is 24.3 Å². The number of hydrogen-bond acceptors (Lipinski definition) is 4. The molecule has 0 radical (unpaired) electrons. The van der Waals surface area contributed by atoms with E-state index in [1.165, 1.54) is 16.7 Å². The van der Waals surface area contributed by atoms with Gasteiger partial charge in [0.15, 0.2) is 0 Å². The second-order valence-corrected chi connectivity index (χ2v) is 7.71. The quantitative estimate of drug-likeness (QED) is 0.598. The van der Waals surface area contributed by atoms with Crippen LogP contribution in [0.4, 0.5) is 5.69 Å². The normalized spacial score (nSPS) is 18.5. The van der Waals surface area contributed by atoms with E-state index in [0.29, 0.717) is 12.1 Å². The summed E-state index contributed by atoms with van der Waals surface area (Å²) in [5.74, 6) is -1.02. The number of nitriles is 1. The molecule has 1 heterocycles. The highest BCUT2D eigenvalue weighted by Crippen LogP contribution is 2.41. The molecule has 0 aromatic heterocycles. The van der Waals surface area contributed by atoms with Gasteiger partial charge in [0.2, 0.25) is 5.91 Å². The number of thioether (sulfide) groups is 1. The highest BCUT2D eigenvalue weighted by Gasteiger charge is 2.40. The van der Waals surface area contributed by atoms with Gasteiger partial charge in [-0.2, -0.15) is 5.26 Å². The van der Waals surface area contributed by atoms with Crippen molar-refractivity contribution in [1.82, 2.24) is 0 Å². The van der Waals surface area contributed by atoms with Crippen LogP contribution in [-0.2, 0) is 16.0 Å². The molecule has 0 aliphatic carbocycles. The zero-order valence-electron chi connectivity index (χ0n) is 13.6. The van der Waals surface area contributed by atoms with Gasteiger partial charge in [-0.05, 0) is 36.2 Å². The van der Waals surface area contributed by atoms with Crippen molar-refractivity contribution >= 4 is 45.2 Å². The number of hydrogen-bond donors (Lipinski definition) is 1. The van der Waals surface area contributed by atoms with Crippen molar-refractivity contribution < 1.29 is 9.59 Å². The highest BCUT2D eigenvalue weighted by molar-refractivity contribution is 9.10. The van der Waals surface area contributed by atoms with Crippen LogP contribution < -0.4 is 10.6 Å². The number of halogens is 1. The van der Waals surface area contributed by atoms with Crippen molar-refractivity contribution in [3.8, 4) is 6.07 Å². The van der Waals surface area contributed by atoms with Crippen LogP contribution in [0.3, 0.4) is 0 Å². The number of amides is 2. The number of anilines is 1. The van der Waals surface area contributed by atoms with Gasteiger partial charge in [0.25, 0.3) is 5.91 Å². The van der Waals surface area contributed by atoms with Crippen LogP contribution in [0.2, 0.25) is 0 Å². The Morgan fingerprint density at radius 3 is 2.42 bits per heavy atom. The second-order valence-electron chi connectivity index (χ2n) is 5.60. The average molecular weight is 428 g/mol. The largest absolute Gasteiger partial charge is 0.365 e. The van der Waals surface area contributed by atoms with Gasteiger partial charge in [-0.1, -0.05) is 58.0 Å². The van der Waals surface area contributed by atoms with Crippen LogP contribution in [0, 0.1) is 11.3 Å². The van der Waals surface area contributed by atoms with E-state index in [9.17, 15) is 14.9 Å². The second kappa shape index (κ2) is 7.77. The molecule has 26 heavy (non-hydrogen) atoms. The molecular weight excluding hydrogens is 414 g/mol. The average Bonchev–Trinajstić information content (AvgIpc) is 2.93. The van der Waals surface area contributed by atoms with Gasteiger partial charge >= 0.3 is 0 Å². The molecule has 7 heteroatoms. The first-order chi connectivity index (χ1) is 12.5. The van der Waals surface area contributed by atoms with E-state index >= 15 is 0 Å². The number of carbonyl (C=O) groups is 2. The van der Waals surface area contributed by atoms with Crippen LogP contribution in [0.15, 0.2) is 69.7 Å². The lowest BCUT2D eigenvalue weighted by Gasteiger charge is -2.18. The Hall–Kier alpha value is -2.56. The monoisotopic (exact) mass is 427 g/mol. The number of carbonyl (C=O) groups excluding carboxylic acids is 2. The van der Waals surface area contributed by atoms with E-state index in [0.717, 1.165) is 10.0 Å². The van der Waals surface area contributed by atoms with Gasteiger partial charge in [-0.25, -0.2) is 0 Å². The summed E-state index contributed by atoms with van der Waals surface area (Å²) in [6, 6.07) is 18.6. The fourth-order valence-corrected chi connectivity index (χ4v) is 4.23. The third-order valence-electron chi connectivity index (χ3n) is 3.87. The van der Waals surface area contributed by atoms with Gasteiger partial charge in [0, 0.05) is 10.2 Å². The van der Waals surface area contributed by atoms with Crippen molar-refractivity contribution in [2.24, 2.45) is 5.73 Å². The molecule has 1 aliphatic heterocycles. The maximum absolute atomic E-state index is 13.0. The minimum atomic E-state index is -0.842. The minimum absolute atomic E-state index is 0.176. The molecule has 0 bridgehead atoms. The molecule has 5 nitrogen and oxygen atoms in total. The SMILES string of the molecule is N#C/C(C(N)=O)=C1/S[C@@H](Cc2ccccc2)C(=O)N1c1ccc(Br)cc1. The molecule has 1 saturated heterocycles. The molecular formula is C19H14BrN3O2S. The Morgan fingerprint density at radius 2 is 1.85 bits per heavy atom. The molecule has 0 spiro atoms. The lowest BCUT2D eigenvalue weighted by atomic mass is 10.1. The van der Waals surface area contributed by atoms with Gasteiger partial charge in [0.05, 0.1) is 5.25 Å². The topological polar surface area (TPSA) is 87.2 Å². The maximum atomic E-state index is 13.0. The third kappa shape index (κ3) is 3.66. The van der Waals surface area contributed by atoms with E-state index in [1.807, 2.05) is 36.4 Å². The van der Waals surface area contributed by atoms with Gasteiger partial charge in [0.1, 0.15) is 16.7 Å². The summed E-state index contributed by atoms with van der Waals surface area (Å²) in [5, 5.41) is 9.21. The highest BCUT2D eigenvalue weighted by atomic mass is 79.9. The number of primary amides is 1. The zero-order chi connectivity index (χ0) is 18.7. The number of nitrogens with two attached hydrogens (primary N) is 1. The molecule has 3 rings (SSSR count). The first kappa shape index (κ1) is 18.2. The van der Waals surface area contributed by atoms with E-state index in [2.05, 4.69) is 15.9 Å². The Bertz CT molecular complexity index is 920. The van der Waals surface area contributed by atoms with Crippen LogP contribution in [0.1, 0.15) is 5.56 Å². The molecule has 0 unspecified atom stereocenters. The summed E-state index contributed by atoms with van der Waals surface area (Å²) in [6.07, 6.45) is 0.498. The summed E-state index contributed by atoms with van der Waals surface area (Å²) in [6.45, 7) is 0. The number of benzene rings is 2. The molecule has 1 fully saturated rings. The Balaban J connectivity index is 2.03. The third-order valence-corrected chi connectivity index (χ3v) is 5.67. The molecule has 2 aromatic rings. The van der Waals surface area contributed by atoms with Gasteiger partial charge in [-0.15, -0.1) is 0 Å². The predicted octanol–water partition coefficient (Wildman–Crippen LogP) is 3.36. The molecule has 1 atom stereocenters. The maximum Gasteiger partial charge on any atom is 0.262 e. The molecule has 1 aliphatic rings. The van der Waals surface area contributed by atoms with Crippen LogP contribution in [-0.4, -0.2) is 17.1 Å². The number of nitrogens with zero attached hydrogens (tertiary/aromatic N) is 2. The standard InChI is InChI=1S/C19H14BrN3O2S/c20-13-6-8-14(9-7-13)23-18(25)16(10-12-4-2-1-3-5-12)26-19(23)15(11-21)17(22)24/h1-9,16H,10H2,(H2,22,24)/b19-15-/t16-/m0/s1. The lowest BCUT2D eigenvalue weighted by molar-refractivity contribution is -0.117. The van der Waals surface area contributed by atoms with Crippen molar-refractivity contribution in [2.75, 3.05) is 4.90 Å². The van der Waals surface area contributed by atoms with Crippen molar-refractivity contribution in [1.29, 1.82) is 5.26 Å². The lowest BCUT2D eigenvalue weighted by Crippen LogP contribution is -2.31. The van der Waals surface area contributed by atoms with Gasteiger partial charge < -0.3 is 5.73 Å². The fraction of sp³-hybridized carbons (Fsp3) is 0.105. The molecule has 0 saturated carbocycles. The molecule has 2 amide bonds. The summed E-state index contributed by atoms with van der Waals surface area (Å²) in [4.78, 5) is 26.2. The summed E-state index contributed by atoms with van der Waals surface area (Å²) in [5.41, 5.74) is 6.75. The van der Waals surface area contributed by atoms with Crippen molar-refractivity contribution in [3.63, 3.8) is 0 Å². The predicted molar refractivity (Wildman–Crippen MR) is 105 cm³/mol. The molecule has 130 valence electrons. The van der Waals surface area contributed by atoms with E-state index in [4.69, 9.17) is 5.73 Å². The smallest absolute Gasteiger partial charge is 0.262 e. The zero-order valence-corrected chi connectivity index (χ0v) is 16.0. The van der Waals surface area contributed by atoms with Gasteiger partial charge in [-0.3, -0.25) is 14.5 Å². The summed E-state index contributed by atoms with van der Waals surface area (Å²) < 4.78 is 0.863. The number of rotatable bonds is 4. The fourth-order valence-electron chi connectivity index (χ4n) is 2.65. The minimum Gasteiger partial charge on any atom is -0.365 e. The summed E-state index contributed by atoms with van der Waals surface area (Å²) in [7, 11) is 0. The Labute approximate surface area is 163 Å². The van der Waals surface area contributed by atoms with Crippen molar-refractivity contribution in [3.05, 3.63) is 75.2 Å². The van der Waals surface area contributed by atoms with Crippen LogP contribution in [0.5, 0.6) is 0 Å². The Kier molecular flexibility index (Phi) is 5.45. The Morgan fingerprint density at radius 1 is 1.19 bits per heavy atom. The van der Waals surface area contributed by atoms with Crippen LogP contribution in [0.25, 0.3) is 0 Å². The van der Waals surface area contributed by atoms with E-state index < -0.39 is 11.2 Å². The molecule has 2 aromatic carbocycles. The van der Waals surface area contributed by atoms with E-state index in [-0.39, 0.29) is 16.5 Å². The first-order valence-electron chi connectivity index (χ1n) is 7.75. The van der Waals surface area contributed by atoms with Crippen LogP contribution >= 0.6 is 27.7 Å². The van der Waals surface area contributed by atoms with Crippen molar-refractivity contribution in [2.45, 2.75) is 11.7 Å². The molecule has 2 N–H and O–H groups in total.